The average Bonchev–Trinajstić information content (AvgIpc) is 3.41. The Labute approximate surface area is 195 Å². The summed E-state index contributed by atoms with van der Waals surface area (Å²) in [5.41, 5.74) is 3.63. The fourth-order valence-electron chi connectivity index (χ4n) is 4.20. The van der Waals surface area contributed by atoms with Crippen molar-refractivity contribution in [1.29, 1.82) is 0 Å². The first-order chi connectivity index (χ1) is 15.6. The Hall–Kier alpha value is -2.74. The largest absolute Gasteiger partial charge is 0.396 e. The van der Waals surface area contributed by atoms with Crippen molar-refractivity contribution in [2.75, 3.05) is 17.2 Å². The van der Waals surface area contributed by atoms with E-state index in [9.17, 15) is 5.11 Å². The molecule has 1 saturated carbocycles. The number of hydrogen-bond acceptors (Lipinski definition) is 7. The number of benzene rings is 2. The summed E-state index contributed by atoms with van der Waals surface area (Å²) >= 11 is 7.66. The Morgan fingerprint density at radius 2 is 1.88 bits per heavy atom. The molecule has 0 aliphatic heterocycles. The van der Waals surface area contributed by atoms with E-state index in [1.807, 2.05) is 49.4 Å². The highest BCUT2D eigenvalue weighted by Gasteiger charge is 2.26. The van der Waals surface area contributed by atoms with Crippen LogP contribution in [0.15, 0.2) is 48.5 Å². The van der Waals surface area contributed by atoms with E-state index in [0.717, 1.165) is 57.2 Å². The smallest absolute Gasteiger partial charge is 0.229 e. The molecular weight excluding hydrogens is 442 g/mol. The molecule has 1 fully saturated rings. The molecule has 0 bridgehead atoms. The van der Waals surface area contributed by atoms with Gasteiger partial charge < -0.3 is 15.7 Å². The Morgan fingerprint density at radius 3 is 2.62 bits per heavy atom. The Morgan fingerprint density at radius 1 is 1.06 bits per heavy atom. The monoisotopic (exact) mass is 465 g/mol. The van der Waals surface area contributed by atoms with Crippen molar-refractivity contribution in [2.24, 2.45) is 5.92 Å². The first-order valence-corrected chi connectivity index (χ1v) is 11.9. The number of nitrogens with one attached hydrogen (secondary N) is 2. The number of anilines is 3. The van der Waals surface area contributed by atoms with Gasteiger partial charge in [0.05, 0.1) is 21.5 Å². The molecule has 4 aromatic rings. The zero-order chi connectivity index (χ0) is 22.1. The number of rotatable bonds is 6. The van der Waals surface area contributed by atoms with Gasteiger partial charge in [-0.25, -0.2) is 9.97 Å². The SMILES string of the molecule is Cc1nc(Nc2ccc(Cl)cc2)nc(NC2CCC(CO)C2)c1-c1nc2ccccc2s1. The van der Waals surface area contributed by atoms with Crippen LogP contribution < -0.4 is 10.6 Å². The van der Waals surface area contributed by atoms with Gasteiger partial charge in [0.25, 0.3) is 0 Å². The second-order valence-electron chi connectivity index (χ2n) is 8.18. The first kappa shape index (κ1) is 21.1. The fourth-order valence-corrected chi connectivity index (χ4v) is 5.39. The normalized spacial score (nSPS) is 18.2. The van der Waals surface area contributed by atoms with Gasteiger partial charge in [0.15, 0.2) is 0 Å². The van der Waals surface area contributed by atoms with Crippen molar-refractivity contribution in [2.45, 2.75) is 32.2 Å². The molecule has 3 N–H and O–H groups in total. The maximum absolute atomic E-state index is 9.55. The van der Waals surface area contributed by atoms with Crippen molar-refractivity contribution in [3.05, 3.63) is 59.2 Å². The molecule has 0 amide bonds. The number of aryl methyl sites for hydroxylation is 1. The lowest BCUT2D eigenvalue weighted by atomic mass is 10.1. The minimum Gasteiger partial charge on any atom is -0.396 e. The maximum atomic E-state index is 9.55. The van der Waals surface area contributed by atoms with Crippen LogP contribution in [0.25, 0.3) is 20.8 Å². The van der Waals surface area contributed by atoms with E-state index in [0.29, 0.717) is 16.9 Å². The molecule has 2 aromatic carbocycles. The fraction of sp³-hybridized carbons (Fsp3) is 0.292. The van der Waals surface area contributed by atoms with Crippen molar-refractivity contribution in [3.63, 3.8) is 0 Å². The molecule has 2 unspecified atom stereocenters. The molecule has 0 saturated heterocycles. The number of halogens is 1. The molecule has 8 heteroatoms. The summed E-state index contributed by atoms with van der Waals surface area (Å²) < 4.78 is 1.14. The van der Waals surface area contributed by atoms with Crippen LogP contribution in [0.5, 0.6) is 0 Å². The van der Waals surface area contributed by atoms with Gasteiger partial charge in [-0.2, -0.15) is 4.98 Å². The Balaban J connectivity index is 1.54. The van der Waals surface area contributed by atoms with Gasteiger partial charge in [-0.1, -0.05) is 23.7 Å². The summed E-state index contributed by atoms with van der Waals surface area (Å²) in [4.78, 5) is 14.4. The van der Waals surface area contributed by atoms with Crippen LogP contribution in [0, 0.1) is 12.8 Å². The molecule has 164 valence electrons. The number of aliphatic hydroxyl groups is 1. The number of aliphatic hydroxyl groups excluding tert-OH is 1. The van der Waals surface area contributed by atoms with E-state index in [-0.39, 0.29) is 12.6 Å². The molecule has 6 nitrogen and oxygen atoms in total. The van der Waals surface area contributed by atoms with Gasteiger partial charge in [-0.15, -0.1) is 11.3 Å². The van der Waals surface area contributed by atoms with Crippen LogP contribution in [-0.2, 0) is 0 Å². The number of para-hydroxylation sites is 1. The second-order valence-corrected chi connectivity index (χ2v) is 9.64. The summed E-state index contributed by atoms with van der Waals surface area (Å²) in [6.07, 6.45) is 2.96. The van der Waals surface area contributed by atoms with Gasteiger partial charge in [0, 0.05) is 23.4 Å². The predicted octanol–water partition coefficient (Wildman–Crippen LogP) is 6.03. The highest BCUT2D eigenvalue weighted by atomic mass is 35.5. The number of aromatic nitrogens is 3. The highest BCUT2D eigenvalue weighted by molar-refractivity contribution is 7.21. The molecule has 1 aliphatic carbocycles. The van der Waals surface area contributed by atoms with E-state index in [4.69, 9.17) is 26.6 Å². The number of nitrogens with zero attached hydrogens (tertiary/aromatic N) is 3. The Kier molecular flexibility index (Phi) is 5.95. The highest BCUT2D eigenvalue weighted by Crippen LogP contribution is 2.38. The summed E-state index contributed by atoms with van der Waals surface area (Å²) in [5, 5.41) is 18.1. The second kappa shape index (κ2) is 9.02. The van der Waals surface area contributed by atoms with Gasteiger partial charge in [-0.3, -0.25) is 0 Å². The van der Waals surface area contributed by atoms with Gasteiger partial charge >= 0.3 is 0 Å². The number of thiazole rings is 1. The zero-order valence-electron chi connectivity index (χ0n) is 17.7. The first-order valence-electron chi connectivity index (χ1n) is 10.7. The standard InChI is InChI=1S/C24H24ClN5OS/c1-14-21(23-29-19-4-2-3-5-20(19)32-23)22(27-18-9-6-15(12-18)13-31)30-24(26-14)28-17-10-7-16(25)8-11-17/h2-5,7-8,10-11,15,18,31H,6,9,12-13H2,1H3,(H2,26,27,28,30). The van der Waals surface area contributed by atoms with Crippen LogP contribution in [-0.4, -0.2) is 32.7 Å². The van der Waals surface area contributed by atoms with Crippen molar-refractivity contribution in [3.8, 4) is 10.6 Å². The summed E-state index contributed by atoms with van der Waals surface area (Å²) in [6, 6.07) is 15.9. The predicted molar refractivity (Wildman–Crippen MR) is 132 cm³/mol. The molecule has 32 heavy (non-hydrogen) atoms. The minimum absolute atomic E-state index is 0.231. The van der Waals surface area contributed by atoms with Crippen LogP contribution in [0.2, 0.25) is 5.02 Å². The van der Waals surface area contributed by atoms with Gasteiger partial charge in [0.1, 0.15) is 10.8 Å². The van der Waals surface area contributed by atoms with Crippen molar-refractivity contribution >= 4 is 50.6 Å². The quantitative estimate of drug-likeness (QED) is 0.322. The van der Waals surface area contributed by atoms with Crippen molar-refractivity contribution < 1.29 is 5.11 Å². The third-order valence-corrected chi connectivity index (χ3v) is 7.14. The minimum atomic E-state index is 0.231. The van der Waals surface area contributed by atoms with Gasteiger partial charge in [0.2, 0.25) is 5.95 Å². The molecule has 1 aliphatic rings. The molecule has 2 heterocycles. The van der Waals surface area contributed by atoms with Gasteiger partial charge in [-0.05, 0) is 68.5 Å². The van der Waals surface area contributed by atoms with E-state index < -0.39 is 0 Å². The zero-order valence-corrected chi connectivity index (χ0v) is 19.2. The number of fused-ring (bicyclic) bond motifs is 1. The third kappa shape index (κ3) is 4.41. The third-order valence-electron chi connectivity index (χ3n) is 5.84. The lowest BCUT2D eigenvalue weighted by molar-refractivity contribution is 0.229. The van der Waals surface area contributed by atoms with Crippen LogP contribution in [0.4, 0.5) is 17.5 Å². The number of hydrogen-bond donors (Lipinski definition) is 3. The maximum Gasteiger partial charge on any atom is 0.229 e. The van der Waals surface area contributed by atoms with E-state index in [2.05, 4.69) is 16.7 Å². The van der Waals surface area contributed by atoms with E-state index in [1.54, 1.807) is 11.3 Å². The summed E-state index contributed by atoms with van der Waals surface area (Å²) in [6.45, 7) is 2.22. The topological polar surface area (TPSA) is 83.0 Å². The molecular formula is C24H24ClN5OS. The summed E-state index contributed by atoms with van der Waals surface area (Å²) in [5.74, 6) is 1.64. The van der Waals surface area contributed by atoms with Crippen LogP contribution in [0.3, 0.4) is 0 Å². The summed E-state index contributed by atoms with van der Waals surface area (Å²) in [7, 11) is 0. The van der Waals surface area contributed by atoms with Crippen LogP contribution in [0.1, 0.15) is 25.0 Å². The molecule has 2 atom stereocenters. The lowest BCUT2D eigenvalue weighted by Gasteiger charge is -2.18. The van der Waals surface area contributed by atoms with E-state index >= 15 is 0 Å². The van der Waals surface area contributed by atoms with Crippen molar-refractivity contribution in [1.82, 2.24) is 15.0 Å². The molecule has 0 radical (unpaired) electrons. The molecule has 0 spiro atoms. The van der Waals surface area contributed by atoms with E-state index in [1.165, 1.54) is 0 Å². The molecule has 5 rings (SSSR count). The lowest BCUT2D eigenvalue weighted by Crippen LogP contribution is -2.19. The Bertz CT molecular complexity index is 1210. The molecule has 2 aromatic heterocycles. The average molecular weight is 466 g/mol. The van der Waals surface area contributed by atoms with Crippen LogP contribution >= 0.6 is 22.9 Å².